The van der Waals surface area contributed by atoms with Crippen molar-refractivity contribution >= 4 is 5.91 Å². The molecule has 0 saturated carbocycles. The standard InChI is InChI=1S/C8H13N3O2/c1-8(2,9)5-11-6(12)7-10-3-4-13-7/h3-4H,5,9H2,1-2H3,(H,11,12). The quantitative estimate of drug-likeness (QED) is 0.698. The van der Waals surface area contributed by atoms with Gasteiger partial charge in [-0.3, -0.25) is 4.79 Å². The van der Waals surface area contributed by atoms with E-state index in [0.717, 1.165) is 0 Å². The summed E-state index contributed by atoms with van der Waals surface area (Å²) in [5.41, 5.74) is 5.24. The molecule has 1 heterocycles. The lowest BCUT2D eigenvalue weighted by molar-refractivity contribution is 0.0911. The number of hydrogen-bond acceptors (Lipinski definition) is 4. The van der Waals surface area contributed by atoms with Gasteiger partial charge in [-0.1, -0.05) is 0 Å². The van der Waals surface area contributed by atoms with E-state index in [1.165, 1.54) is 12.5 Å². The van der Waals surface area contributed by atoms with Crippen LogP contribution in [0.5, 0.6) is 0 Å². The third-order valence-electron chi connectivity index (χ3n) is 1.33. The molecular weight excluding hydrogens is 170 g/mol. The number of nitrogens with one attached hydrogen (secondary N) is 1. The minimum Gasteiger partial charge on any atom is -0.441 e. The van der Waals surface area contributed by atoms with E-state index < -0.39 is 5.54 Å². The first-order chi connectivity index (χ1) is 5.99. The Morgan fingerprint density at radius 1 is 1.77 bits per heavy atom. The Morgan fingerprint density at radius 2 is 2.46 bits per heavy atom. The number of amides is 1. The van der Waals surface area contributed by atoms with Crippen LogP contribution in [-0.4, -0.2) is 23.0 Å². The highest BCUT2D eigenvalue weighted by atomic mass is 16.3. The van der Waals surface area contributed by atoms with Gasteiger partial charge in [0.05, 0.1) is 6.20 Å². The first-order valence-corrected chi connectivity index (χ1v) is 3.95. The Labute approximate surface area is 76.3 Å². The molecule has 1 amide bonds. The van der Waals surface area contributed by atoms with Crippen LogP contribution in [0.4, 0.5) is 0 Å². The van der Waals surface area contributed by atoms with Crippen LogP contribution >= 0.6 is 0 Å². The van der Waals surface area contributed by atoms with Crippen LogP contribution in [0, 0.1) is 0 Å². The summed E-state index contributed by atoms with van der Waals surface area (Å²) in [6.07, 6.45) is 2.77. The average Bonchev–Trinajstić information content (AvgIpc) is 2.50. The Bertz CT molecular complexity index is 274. The van der Waals surface area contributed by atoms with Crippen molar-refractivity contribution in [1.29, 1.82) is 0 Å². The van der Waals surface area contributed by atoms with Gasteiger partial charge < -0.3 is 15.5 Å². The fraction of sp³-hybridized carbons (Fsp3) is 0.500. The van der Waals surface area contributed by atoms with E-state index in [1.807, 2.05) is 13.8 Å². The van der Waals surface area contributed by atoms with Crippen LogP contribution < -0.4 is 11.1 Å². The lowest BCUT2D eigenvalue weighted by Crippen LogP contribution is -2.45. The molecule has 13 heavy (non-hydrogen) atoms. The normalized spacial score (nSPS) is 11.3. The molecule has 1 aromatic rings. The van der Waals surface area contributed by atoms with Crippen molar-refractivity contribution in [3.8, 4) is 0 Å². The number of aromatic nitrogens is 1. The van der Waals surface area contributed by atoms with Gasteiger partial charge in [0.25, 0.3) is 5.89 Å². The Kier molecular flexibility index (Phi) is 2.67. The largest absolute Gasteiger partial charge is 0.441 e. The van der Waals surface area contributed by atoms with E-state index in [-0.39, 0.29) is 11.8 Å². The van der Waals surface area contributed by atoms with E-state index in [1.54, 1.807) is 0 Å². The zero-order valence-electron chi connectivity index (χ0n) is 7.70. The molecule has 0 aliphatic rings. The van der Waals surface area contributed by atoms with E-state index in [9.17, 15) is 4.79 Å². The molecule has 72 valence electrons. The minimum absolute atomic E-state index is 0.0595. The molecule has 3 N–H and O–H groups in total. The molecule has 0 aromatic carbocycles. The average molecular weight is 183 g/mol. The summed E-state index contributed by atoms with van der Waals surface area (Å²) in [7, 11) is 0. The molecule has 0 spiro atoms. The number of carbonyl (C=O) groups excluding carboxylic acids is 1. The van der Waals surface area contributed by atoms with Gasteiger partial charge in [-0.2, -0.15) is 0 Å². The second kappa shape index (κ2) is 3.57. The van der Waals surface area contributed by atoms with Gasteiger partial charge in [-0.25, -0.2) is 4.98 Å². The molecule has 0 aliphatic carbocycles. The lowest BCUT2D eigenvalue weighted by Gasteiger charge is -2.17. The molecule has 0 atom stereocenters. The minimum atomic E-state index is -0.428. The molecule has 1 rings (SSSR count). The van der Waals surface area contributed by atoms with E-state index in [2.05, 4.69) is 10.3 Å². The maximum atomic E-state index is 11.2. The van der Waals surface area contributed by atoms with Crippen molar-refractivity contribution < 1.29 is 9.21 Å². The summed E-state index contributed by atoms with van der Waals surface area (Å²) in [6, 6.07) is 0. The molecular formula is C8H13N3O2. The van der Waals surface area contributed by atoms with Gasteiger partial charge in [0.1, 0.15) is 6.26 Å². The zero-order chi connectivity index (χ0) is 9.90. The lowest BCUT2D eigenvalue weighted by atomic mass is 10.1. The molecule has 0 radical (unpaired) electrons. The molecule has 0 bridgehead atoms. The first kappa shape index (κ1) is 9.73. The van der Waals surface area contributed by atoms with Gasteiger partial charge in [-0.05, 0) is 13.8 Å². The van der Waals surface area contributed by atoms with Crippen LogP contribution in [0.15, 0.2) is 16.9 Å². The number of hydrogen-bond donors (Lipinski definition) is 2. The van der Waals surface area contributed by atoms with Gasteiger partial charge in [0.2, 0.25) is 0 Å². The molecule has 5 heteroatoms. The van der Waals surface area contributed by atoms with E-state index >= 15 is 0 Å². The van der Waals surface area contributed by atoms with Crippen molar-refractivity contribution in [2.24, 2.45) is 5.73 Å². The first-order valence-electron chi connectivity index (χ1n) is 3.95. The highest BCUT2D eigenvalue weighted by Gasteiger charge is 2.15. The van der Waals surface area contributed by atoms with Crippen molar-refractivity contribution in [3.63, 3.8) is 0 Å². The van der Waals surface area contributed by atoms with Gasteiger partial charge in [-0.15, -0.1) is 0 Å². The second-order valence-corrected chi connectivity index (χ2v) is 3.51. The van der Waals surface area contributed by atoms with E-state index in [4.69, 9.17) is 10.2 Å². The maximum Gasteiger partial charge on any atom is 0.307 e. The number of nitrogens with two attached hydrogens (primary N) is 1. The monoisotopic (exact) mass is 183 g/mol. The molecule has 0 fully saturated rings. The highest BCUT2D eigenvalue weighted by molar-refractivity contribution is 5.89. The number of nitrogens with zero attached hydrogens (tertiary/aromatic N) is 1. The molecule has 0 unspecified atom stereocenters. The van der Waals surface area contributed by atoms with Gasteiger partial charge in [0.15, 0.2) is 0 Å². The predicted molar refractivity (Wildman–Crippen MR) is 47.1 cm³/mol. The SMILES string of the molecule is CC(C)(N)CNC(=O)c1ncco1. The van der Waals surface area contributed by atoms with Crippen molar-refractivity contribution in [1.82, 2.24) is 10.3 Å². The van der Waals surface area contributed by atoms with Crippen molar-refractivity contribution in [2.75, 3.05) is 6.54 Å². The summed E-state index contributed by atoms with van der Waals surface area (Å²) in [5.74, 6) is -0.284. The number of rotatable bonds is 3. The maximum absolute atomic E-state index is 11.2. The van der Waals surface area contributed by atoms with Crippen LogP contribution in [0.1, 0.15) is 24.5 Å². The summed E-state index contributed by atoms with van der Waals surface area (Å²) in [4.78, 5) is 14.9. The van der Waals surface area contributed by atoms with Crippen LogP contribution in [0.2, 0.25) is 0 Å². The third-order valence-corrected chi connectivity index (χ3v) is 1.33. The van der Waals surface area contributed by atoms with Crippen molar-refractivity contribution in [3.05, 3.63) is 18.4 Å². The van der Waals surface area contributed by atoms with E-state index in [0.29, 0.717) is 6.54 Å². The Hall–Kier alpha value is -1.36. The number of oxazole rings is 1. The molecule has 1 aromatic heterocycles. The summed E-state index contributed by atoms with van der Waals surface area (Å²) >= 11 is 0. The van der Waals surface area contributed by atoms with Gasteiger partial charge in [0, 0.05) is 12.1 Å². The Balaban J connectivity index is 2.44. The molecule has 0 saturated heterocycles. The fourth-order valence-corrected chi connectivity index (χ4v) is 0.719. The smallest absolute Gasteiger partial charge is 0.307 e. The zero-order valence-corrected chi connectivity index (χ0v) is 7.70. The van der Waals surface area contributed by atoms with Crippen LogP contribution in [0.25, 0.3) is 0 Å². The molecule has 0 aliphatic heterocycles. The van der Waals surface area contributed by atoms with Crippen LogP contribution in [-0.2, 0) is 0 Å². The summed E-state index contributed by atoms with van der Waals surface area (Å²) < 4.78 is 4.80. The van der Waals surface area contributed by atoms with Crippen molar-refractivity contribution in [2.45, 2.75) is 19.4 Å². The van der Waals surface area contributed by atoms with Gasteiger partial charge >= 0.3 is 5.91 Å². The summed E-state index contributed by atoms with van der Waals surface area (Å²) in [5, 5.41) is 2.60. The third kappa shape index (κ3) is 3.25. The van der Waals surface area contributed by atoms with Crippen LogP contribution in [0.3, 0.4) is 0 Å². The molecule has 5 nitrogen and oxygen atoms in total. The second-order valence-electron chi connectivity index (χ2n) is 3.51. The highest BCUT2D eigenvalue weighted by Crippen LogP contribution is 1.96. The fourth-order valence-electron chi connectivity index (χ4n) is 0.719. The topological polar surface area (TPSA) is 81.1 Å². The predicted octanol–water partition coefficient (Wildman–Crippen LogP) is 0.142. The summed E-state index contributed by atoms with van der Waals surface area (Å²) in [6.45, 7) is 4.03. The Morgan fingerprint density at radius 3 is 2.92 bits per heavy atom. The number of carbonyl (C=O) groups is 1.